The van der Waals surface area contributed by atoms with Crippen molar-refractivity contribution in [3.8, 4) is 0 Å². The Balaban J connectivity index is 1.26. The van der Waals surface area contributed by atoms with Crippen LogP contribution in [0.2, 0.25) is 0 Å². The Morgan fingerprint density at radius 1 is 0.789 bits per heavy atom. The van der Waals surface area contributed by atoms with Crippen LogP contribution in [0.1, 0.15) is 114 Å². The number of aromatic carboxylic acids is 1. The predicted molar refractivity (Wildman–Crippen MR) is 151 cm³/mol. The molecule has 4 aliphatic rings. The van der Waals surface area contributed by atoms with Gasteiger partial charge in [0.15, 0.2) is 0 Å². The van der Waals surface area contributed by atoms with Gasteiger partial charge in [0.2, 0.25) is 5.69 Å². The average molecular weight is 520 g/mol. The lowest BCUT2D eigenvalue weighted by Gasteiger charge is -2.54. The number of carbonyl (C=O) groups is 1. The van der Waals surface area contributed by atoms with Crippen LogP contribution in [0, 0.1) is 23.7 Å². The van der Waals surface area contributed by atoms with Crippen molar-refractivity contribution in [2.45, 2.75) is 121 Å². The van der Waals surface area contributed by atoms with Crippen LogP contribution in [-0.2, 0) is 0 Å². The molecule has 206 valence electrons. The molecule has 1 N–H and O–H groups in total. The van der Waals surface area contributed by atoms with E-state index in [2.05, 4.69) is 23.7 Å². The summed E-state index contributed by atoms with van der Waals surface area (Å²) in [6.07, 6.45) is 16.6. The highest BCUT2D eigenvalue weighted by molar-refractivity contribution is 5.88. The largest absolute Gasteiger partial charge is 0.476 e. The molecule has 4 fully saturated rings. The van der Waals surface area contributed by atoms with Crippen molar-refractivity contribution in [1.82, 2.24) is 14.5 Å². The summed E-state index contributed by atoms with van der Waals surface area (Å²) in [5, 5.41) is 9.72. The fourth-order valence-corrected chi connectivity index (χ4v) is 9.26. The van der Waals surface area contributed by atoms with Crippen LogP contribution in [0.3, 0.4) is 0 Å². The minimum Gasteiger partial charge on any atom is -0.476 e. The number of benzene rings is 1. The van der Waals surface area contributed by atoms with E-state index in [1.807, 2.05) is 24.3 Å². The van der Waals surface area contributed by atoms with E-state index >= 15 is 0 Å². The molecule has 6 nitrogen and oxygen atoms in total. The molecule has 6 rings (SSSR count). The molecule has 2 saturated carbocycles. The number of aromatic nitrogens is 2. The topological polar surface area (TPSA) is 75.4 Å². The first-order valence-electron chi connectivity index (χ1n) is 15.4. The number of nitrogens with zero attached hydrogens (tertiary/aromatic N) is 3. The minimum atomic E-state index is -1.24. The van der Waals surface area contributed by atoms with Gasteiger partial charge in [-0.1, -0.05) is 58.1 Å². The third-order valence-corrected chi connectivity index (χ3v) is 10.6. The maximum absolute atomic E-state index is 13.4. The number of carboxylic acid groups (broad SMARTS) is 1. The highest BCUT2D eigenvalue weighted by atomic mass is 16.4. The Morgan fingerprint density at radius 2 is 1.42 bits per heavy atom. The zero-order valence-electron chi connectivity index (χ0n) is 23.2. The minimum absolute atomic E-state index is 0.0233. The molecule has 0 radical (unpaired) electrons. The normalized spacial score (nSPS) is 35.2. The van der Waals surface area contributed by atoms with Gasteiger partial charge in [-0.25, -0.2) is 9.78 Å². The lowest BCUT2D eigenvalue weighted by molar-refractivity contribution is -0.0364. The molecular weight excluding hydrogens is 474 g/mol. The lowest BCUT2D eigenvalue weighted by atomic mass is 9.71. The second-order valence-electron chi connectivity index (χ2n) is 13.4. The Hall–Kier alpha value is -2.21. The highest BCUT2D eigenvalue weighted by Crippen LogP contribution is 2.46. The lowest BCUT2D eigenvalue weighted by Crippen LogP contribution is -2.58. The van der Waals surface area contributed by atoms with Gasteiger partial charge in [0, 0.05) is 24.2 Å². The SMILES string of the molecule is C[C@@H]1CC(C2CCCC2)C[C@H](C)CC(N2[C@@H]3CCC[C@H]2CC(n2c(=O)c(C(=O)O)nc4ccccc42)C3)C1. The van der Waals surface area contributed by atoms with Gasteiger partial charge in [-0.3, -0.25) is 9.69 Å². The molecule has 3 heterocycles. The number of carboxylic acids is 1. The Labute approximate surface area is 226 Å². The summed E-state index contributed by atoms with van der Waals surface area (Å²) < 4.78 is 1.80. The Bertz CT molecular complexity index is 1190. The summed E-state index contributed by atoms with van der Waals surface area (Å²) in [6, 6.07) is 9.12. The van der Waals surface area contributed by atoms with Gasteiger partial charge < -0.3 is 9.67 Å². The van der Waals surface area contributed by atoms with E-state index in [1.54, 1.807) is 4.57 Å². The molecule has 2 aromatic rings. The molecule has 2 bridgehead atoms. The van der Waals surface area contributed by atoms with E-state index in [9.17, 15) is 14.7 Å². The van der Waals surface area contributed by atoms with Crippen molar-refractivity contribution in [3.63, 3.8) is 0 Å². The van der Waals surface area contributed by atoms with Crippen molar-refractivity contribution < 1.29 is 9.90 Å². The van der Waals surface area contributed by atoms with Crippen molar-refractivity contribution in [2.24, 2.45) is 23.7 Å². The summed E-state index contributed by atoms with van der Waals surface area (Å²) in [7, 11) is 0. The first-order chi connectivity index (χ1) is 18.4. The standard InChI is InChI=1S/C32H45N3O3/c1-20-14-23(22-8-3-4-9-22)15-21(2)17-26(16-20)34-24-10-7-11-25(34)19-27(18-24)35-29-13-6-5-12-28(29)33-30(31(35)36)32(37)38/h5-6,12-13,20-27H,3-4,7-11,14-19H2,1-2H3,(H,37,38)/t20-,21+,23?,24-,25+,26?,27?. The summed E-state index contributed by atoms with van der Waals surface area (Å²) in [5.41, 5.74) is 0.566. The van der Waals surface area contributed by atoms with E-state index < -0.39 is 11.5 Å². The Kier molecular flexibility index (Phi) is 7.36. The van der Waals surface area contributed by atoms with Crippen LogP contribution in [0.15, 0.2) is 29.1 Å². The van der Waals surface area contributed by atoms with Crippen molar-refractivity contribution in [3.05, 3.63) is 40.3 Å². The van der Waals surface area contributed by atoms with E-state index in [0.29, 0.717) is 23.6 Å². The van der Waals surface area contributed by atoms with Crippen LogP contribution in [-0.4, -0.2) is 43.7 Å². The van der Waals surface area contributed by atoms with Gasteiger partial charge in [-0.05, 0) is 87.2 Å². The van der Waals surface area contributed by atoms with Gasteiger partial charge in [0.25, 0.3) is 5.56 Å². The summed E-state index contributed by atoms with van der Waals surface area (Å²) in [5.74, 6) is 2.18. The number of hydrogen-bond donors (Lipinski definition) is 1. The van der Waals surface area contributed by atoms with E-state index in [0.717, 1.165) is 42.0 Å². The second-order valence-corrected chi connectivity index (χ2v) is 13.4. The van der Waals surface area contributed by atoms with Gasteiger partial charge in [-0.15, -0.1) is 0 Å². The second kappa shape index (κ2) is 10.7. The smallest absolute Gasteiger partial charge is 0.360 e. The number of rotatable bonds is 4. The Morgan fingerprint density at radius 3 is 2.05 bits per heavy atom. The van der Waals surface area contributed by atoms with Crippen LogP contribution < -0.4 is 5.56 Å². The van der Waals surface area contributed by atoms with Crippen LogP contribution in [0.5, 0.6) is 0 Å². The van der Waals surface area contributed by atoms with E-state index in [1.165, 1.54) is 70.6 Å². The number of hydrogen-bond acceptors (Lipinski definition) is 4. The fraction of sp³-hybridized carbons (Fsp3) is 0.719. The van der Waals surface area contributed by atoms with Crippen LogP contribution >= 0.6 is 0 Å². The zero-order valence-corrected chi connectivity index (χ0v) is 23.2. The maximum Gasteiger partial charge on any atom is 0.360 e. The summed E-state index contributed by atoms with van der Waals surface area (Å²) in [6.45, 7) is 5.01. The zero-order chi connectivity index (χ0) is 26.4. The first kappa shape index (κ1) is 26.0. The van der Waals surface area contributed by atoms with Crippen molar-refractivity contribution in [1.29, 1.82) is 0 Å². The summed E-state index contributed by atoms with van der Waals surface area (Å²) in [4.78, 5) is 32.5. The predicted octanol–water partition coefficient (Wildman–Crippen LogP) is 6.67. The third-order valence-electron chi connectivity index (χ3n) is 10.6. The molecule has 2 aliphatic heterocycles. The fourth-order valence-electron chi connectivity index (χ4n) is 9.26. The number of para-hydroxylation sites is 2. The molecule has 0 spiro atoms. The van der Waals surface area contributed by atoms with Crippen LogP contribution in [0.25, 0.3) is 11.0 Å². The molecule has 1 aromatic carbocycles. The quantitative estimate of drug-likeness (QED) is 0.488. The molecule has 1 aromatic heterocycles. The van der Waals surface area contributed by atoms with Crippen LogP contribution in [0.4, 0.5) is 0 Å². The van der Waals surface area contributed by atoms with Gasteiger partial charge >= 0.3 is 5.97 Å². The maximum atomic E-state index is 13.4. The summed E-state index contributed by atoms with van der Waals surface area (Å²) >= 11 is 0. The first-order valence-corrected chi connectivity index (χ1v) is 15.4. The van der Waals surface area contributed by atoms with Gasteiger partial charge in [-0.2, -0.15) is 0 Å². The number of piperidine rings is 2. The molecule has 6 heteroatoms. The number of fused-ring (bicyclic) bond motifs is 3. The molecule has 2 aliphatic carbocycles. The molecule has 0 amide bonds. The van der Waals surface area contributed by atoms with Crippen molar-refractivity contribution >= 4 is 17.0 Å². The molecule has 3 unspecified atom stereocenters. The van der Waals surface area contributed by atoms with E-state index in [-0.39, 0.29) is 11.7 Å². The third kappa shape index (κ3) is 4.94. The van der Waals surface area contributed by atoms with Gasteiger partial charge in [0.1, 0.15) is 0 Å². The molecule has 38 heavy (non-hydrogen) atoms. The van der Waals surface area contributed by atoms with Crippen molar-refractivity contribution in [2.75, 3.05) is 0 Å². The van der Waals surface area contributed by atoms with E-state index in [4.69, 9.17) is 0 Å². The molecule has 2 saturated heterocycles. The average Bonchev–Trinajstić information content (AvgIpc) is 3.41. The highest BCUT2D eigenvalue weighted by Gasteiger charge is 2.44. The van der Waals surface area contributed by atoms with Gasteiger partial charge in [0.05, 0.1) is 11.0 Å². The molecule has 7 atom stereocenters. The molecular formula is C32H45N3O3. The monoisotopic (exact) mass is 519 g/mol.